The van der Waals surface area contributed by atoms with E-state index in [1.54, 1.807) is 12.1 Å². The van der Waals surface area contributed by atoms with Crippen molar-refractivity contribution in [1.82, 2.24) is 0 Å². The van der Waals surface area contributed by atoms with Crippen molar-refractivity contribution in [3.63, 3.8) is 0 Å². The smallest absolute Gasteiger partial charge is 0.270 e. The van der Waals surface area contributed by atoms with Crippen LogP contribution in [0.4, 0.5) is 5.69 Å². The number of carbonyl (C=O) groups excluding carboxylic acids is 1. The van der Waals surface area contributed by atoms with Gasteiger partial charge in [-0.2, -0.15) is 5.26 Å². The number of carbonyl (C=O) groups is 1. The predicted molar refractivity (Wildman–Crippen MR) is 97.1 cm³/mol. The predicted octanol–water partition coefficient (Wildman–Crippen LogP) is 3.41. The lowest BCUT2D eigenvalue weighted by molar-refractivity contribution is -0.384. The van der Waals surface area contributed by atoms with Crippen LogP contribution in [-0.2, 0) is 0 Å². The molecule has 0 bridgehead atoms. The van der Waals surface area contributed by atoms with Crippen molar-refractivity contribution in [3.8, 4) is 23.3 Å². The molecule has 8 heteroatoms. The lowest BCUT2D eigenvalue weighted by Gasteiger charge is -2.14. The lowest BCUT2D eigenvalue weighted by atomic mass is 10.0. The molecule has 0 aliphatic rings. The van der Waals surface area contributed by atoms with Crippen molar-refractivity contribution in [1.29, 1.82) is 5.26 Å². The minimum absolute atomic E-state index is 0.0384. The molecule has 0 amide bonds. The van der Waals surface area contributed by atoms with Crippen LogP contribution in [0.25, 0.3) is 6.08 Å². The zero-order chi connectivity index (χ0) is 20.0. The van der Waals surface area contributed by atoms with E-state index in [-0.39, 0.29) is 22.6 Å². The third-order valence-electron chi connectivity index (χ3n) is 3.72. The van der Waals surface area contributed by atoms with Crippen molar-refractivity contribution < 1.29 is 23.9 Å². The second kappa shape index (κ2) is 8.49. The molecule has 0 fully saturated rings. The third kappa shape index (κ3) is 4.04. The average Bonchev–Trinajstić information content (AvgIpc) is 2.70. The number of nitro benzene ring substituents is 1. The quantitative estimate of drug-likeness (QED) is 0.242. The second-order valence-electron chi connectivity index (χ2n) is 5.23. The zero-order valence-electron chi connectivity index (χ0n) is 14.9. The number of hydrogen-bond donors (Lipinski definition) is 0. The van der Waals surface area contributed by atoms with Gasteiger partial charge in [0.25, 0.3) is 5.69 Å². The Balaban J connectivity index is 2.53. The molecule has 0 aliphatic heterocycles. The van der Waals surface area contributed by atoms with E-state index in [1.807, 2.05) is 6.07 Å². The normalized spacial score (nSPS) is 10.7. The largest absolute Gasteiger partial charge is 0.493 e. The van der Waals surface area contributed by atoms with Gasteiger partial charge >= 0.3 is 0 Å². The number of hydrogen-bond acceptors (Lipinski definition) is 7. The molecule has 0 saturated carbocycles. The Hall–Kier alpha value is -3.86. The van der Waals surface area contributed by atoms with Crippen LogP contribution in [-0.4, -0.2) is 32.0 Å². The Bertz CT molecular complexity index is 959. The van der Waals surface area contributed by atoms with Gasteiger partial charge in [-0.25, -0.2) is 0 Å². The molecule has 2 rings (SSSR count). The Morgan fingerprint density at radius 3 is 2.37 bits per heavy atom. The number of nitriles is 1. The summed E-state index contributed by atoms with van der Waals surface area (Å²) in [5, 5.41) is 20.3. The van der Waals surface area contributed by atoms with Gasteiger partial charge in [-0.05, 0) is 18.2 Å². The highest BCUT2D eigenvalue weighted by atomic mass is 16.6. The number of nitrogens with zero attached hydrogens (tertiary/aromatic N) is 2. The number of benzene rings is 2. The number of non-ortho nitro benzene ring substituents is 1. The highest BCUT2D eigenvalue weighted by molar-refractivity contribution is 6.14. The first kappa shape index (κ1) is 19.5. The Kier molecular flexibility index (Phi) is 6.12. The average molecular weight is 368 g/mol. The number of ketones is 1. The molecule has 0 heterocycles. The standard InChI is InChI=1S/C19H16N2O6/c1-25-16-8-7-13(18(26-2)19(16)27-3)9-14(11-20)17(22)12-5-4-6-15(10-12)21(23)24/h4-10H,1-3H3/b14-9+. The summed E-state index contributed by atoms with van der Waals surface area (Å²) in [5.74, 6) is 0.387. The molecule has 0 unspecified atom stereocenters. The summed E-state index contributed by atoms with van der Waals surface area (Å²) in [5.41, 5.74) is 0.0183. The van der Waals surface area contributed by atoms with E-state index in [0.717, 1.165) is 6.07 Å². The van der Waals surface area contributed by atoms with Crippen LogP contribution in [0.5, 0.6) is 17.2 Å². The first-order valence-electron chi connectivity index (χ1n) is 7.66. The molecule has 0 radical (unpaired) electrons. The van der Waals surface area contributed by atoms with Gasteiger partial charge in [-0.1, -0.05) is 12.1 Å². The molecule has 0 aliphatic carbocycles. The van der Waals surface area contributed by atoms with Gasteiger partial charge in [0.2, 0.25) is 11.5 Å². The van der Waals surface area contributed by atoms with E-state index < -0.39 is 10.7 Å². The number of methoxy groups -OCH3 is 3. The molecule has 0 aromatic heterocycles. The highest BCUT2D eigenvalue weighted by Gasteiger charge is 2.19. The van der Waals surface area contributed by atoms with Crippen molar-refractivity contribution in [2.75, 3.05) is 21.3 Å². The fourth-order valence-electron chi connectivity index (χ4n) is 2.46. The fraction of sp³-hybridized carbons (Fsp3) is 0.158. The van der Waals surface area contributed by atoms with E-state index in [1.165, 1.54) is 45.6 Å². The van der Waals surface area contributed by atoms with Gasteiger partial charge in [0.05, 0.1) is 26.3 Å². The Morgan fingerprint density at radius 2 is 1.81 bits per heavy atom. The van der Waals surface area contributed by atoms with Crippen molar-refractivity contribution in [2.24, 2.45) is 0 Å². The topological polar surface area (TPSA) is 112 Å². The van der Waals surface area contributed by atoms with Crippen LogP contribution in [0.15, 0.2) is 42.0 Å². The summed E-state index contributed by atoms with van der Waals surface area (Å²) in [4.78, 5) is 22.9. The minimum Gasteiger partial charge on any atom is -0.493 e. The number of rotatable bonds is 7. The monoisotopic (exact) mass is 368 g/mol. The summed E-state index contributed by atoms with van der Waals surface area (Å²) in [7, 11) is 4.33. The minimum atomic E-state index is -0.641. The van der Waals surface area contributed by atoms with Crippen molar-refractivity contribution in [2.45, 2.75) is 0 Å². The maximum absolute atomic E-state index is 12.6. The number of nitro groups is 1. The number of Topliss-reactive ketones (excluding diaryl/α,β-unsaturated/α-hetero) is 1. The van der Waals surface area contributed by atoms with Gasteiger partial charge in [0, 0.05) is 23.3 Å². The van der Waals surface area contributed by atoms with Crippen LogP contribution in [0.2, 0.25) is 0 Å². The first-order chi connectivity index (χ1) is 13.0. The van der Waals surface area contributed by atoms with Crippen LogP contribution >= 0.6 is 0 Å². The zero-order valence-corrected chi connectivity index (χ0v) is 14.9. The molecule has 27 heavy (non-hydrogen) atoms. The molecule has 0 atom stereocenters. The van der Waals surface area contributed by atoms with Crippen LogP contribution in [0.1, 0.15) is 15.9 Å². The molecule has 0 saturated heterocycles. The van der Waals surface area contributed by atoms with E-state index in [2.05, 4.69) is 0 Å². The van der Waals surface area contributed by atoms with E-state index in [9.17, 15) is 20.2 Å². The molecule has 2 aromatic rings. The molecule has 0 N–H and O–H groups in total. The molecular formula is C19H16N2O6. The van der Waals surface area contributed by atoms with E-state index >= 15 is 0 Å². The first-order valence-corrected chi connectivity index (χ1v) is 7.66. The van der Waals surface area contributed by atoms with Gasteiger partial charge < -0.3 is 14.2 Å². The van der Waals surface area contributed by atoms with Crippen LogP contribution < -0.4 is 14.2 Å². The number of allylic oxidation sites excluding steroid dienone is 1. The summed E-state index contributed by atoms with van der Waals surface area (Å²) >= 11 is 0. The van der Waals surface area contributed by atoms with Crippen LogP contribution in [0, 0.1) is 21.4 Å². The fourth-order valence-corrected chi connectivity index (χ4v) is 2.46. The Morgan fingerprint density at radius 1 is 1.11 bits per heavy atom. The SMILES string of the molecule is COc1ccc(/C=C(\C#N)C(=O)c2cccc([N+](=O)[O-])c2)c(OC)c1OC. The van der Waals surface area contributed by atoms with Gasteiger partial charge in [-0.15, -0.1) is 0 Å². The third-order valence-corrected chi connectivity index (χ3v) is 3.72. The maximum atomic E-state index is 12.6. The van der Waals surface area contributed by atoms with Crippen molar-refractivity contribution in [3.05, 3.63) is 63.2 Å². The lowest BCUT2D eigenvalue weighted by Crippen LogP contribution is -2.03. The second-order valence-corrected chi connectivity index (χ2v) is 5.23. The summed E-state index contributed by atoms with van der Waals surface area (Å²) in [6.45, 7) is 0. The highest BCUT2D eigenvalue weighted by Crippen LogP contribution is 2.40. The molecular weight excluding hydrogens is 352 g/mol. The van der Waals surface area contributed by atoms with E-state index in [0.29, 0.717) is 17.1 Å². The van der Waals surface area contributed by atoms with Crippen LogP contribution in [0.3, 0.4) is 0 Å². The van der Waals surface area contributed by atoms with E-state index in [4.69, 9.17) is 14.2 Å². The summed E-state index contributed by atoms with van der Waals surface area (Å²) < 4.78 is 15.8. The molecule has 0 spiro atoms. The molecule has 2 aromatic carbocycles. The van der Waals surface area contributed by atoms with Gasteiger partial charge in [-0.3, -0.25) is 14.9 Å². The summed E-state index contributed by atoms with van der Waals surface area (Å²) in [6.07, 6.45) is 1.34. The molecule has 138 valence electrons. The van der Waals surface area contributed by atoms with Gasteiger partial charge in [0.1, 0.15) is 11.6 Å². The molecule has 8 nitrogen and oxygen atoms in total. The van der Waals surface area contributed by atoms with Crippen molar-refractivity contribution >= 4 is 17.5 Å². The maximum Gasteiger partial charge on any atom is 0.270 e. The van der Waals surface area contributed by atoms with Gasteiger partial charge in [0.15, 0.2) is 11.5 Å². The summed E-state index contributed by atoms with van der Waals surface area (Å²) in [6, 6.07) is 10.2. The Labute approximate surface area is 155 Å². The number of ether oxygens (including phenoxy) is 3.